The fraction of sp³-hybridized carbons (Fsp3) is 0.214. The topological polar surface area (TPSA) is 89.9 Å². The Kier molecular flexibility index (Phi) is 7.06. The van der Waals surface area contributed by atoms with Crippen LogP contribution < -0.4 is 5.56 Å². The number of carbonyl (C=O) groups is 1. The van der Waals surface area contributed by atoms with Gasteiger partial charge in [0, 0.05) is 40.3 Å². The lowest BCUT2D eigenvalue weighted by atomic mass is 10.0. The zero-order valence-corrected chi connectivity index (χ0v) is 20.1. The number of carbonyl (C=O) groups excluding carboxylic acids is 1. The van der Waals surface area contributed by atoms with Crippen LogP contribution in [0.3, 0.4) is 0 Å². The van der Waals surface area contributed by atoms with Gasteiger partial charge in [0.25, 0.3) is 12.0 Å². The van der Waals surface area contributed by atoms with Gasteiger partial charge in [-0.3, -0.25) is 14.6 Å². The second kappa shape index (κ2) is 10.3. The lowest BCUT2D eigenvalue weighted by Gasteiger charge is -2.14. The molecular formula is C28H28N4O3. The zero-order chi connectivity index (χ0) is 24.8. The lowest BCUT2D eigenvalue weighted by Crippen LogP contribution is -2.24. The second-order valence-electron chi connectivity index (χ2n) is 9.10. The minimum Gasteiger partial charge on any atom is -0.462 e. The number of aromatic amines is 1. The maximum atomic E-state index is 13.1. The summed E-state index contributed by atoms with van der Waals surface area (Å²) < 4.78 is 6.08. The largest absolute Gasteiger partial charge is 0.462 e. The van der Waals surface area contributed by atoms with Gasteiger partial charge in [0.2, 0.25) is 0 Å². The van der Waals surface area contributed by atoms with Crippen molar-refractivity contribution in [3.8, 4) is 11.3 Å². The minimum absolute atomic E-state index is 0.0801. The molecule has 1 N–H and O–H groups in total. The molecule has 2 aromatic carbocycles. The van der Waals surface area contributed by atoms with E-state index in [2.05, 4.69) is 20.9 Å². The highest BCUT2D eigenvalue weighted by Gasteiger charge is 2.11. The molecule has 3 heterocycles. The first kappa shape index (κ1) is 23.9. The Morgan fingerprint density at radius 3 is 2.49 bits per heavy atom. The molecule has 7 heteroatoms. The minimum atomic E-state index is -0.318. The average Bonchev–Trinajstić information content (AvgIpc) is 3.38. The number of pyridine rings is 1. The van der Waals surface area contributed by atoms with Gasteiger partial charge < -0.3 is 9.72 Å². The molecule has 35 heavy (non-hydrogen) atoms. The standard InChI is InChI=1S/C23H18N4O.C5H10O2/c28-23-22-17(6-3-7-19(22)21-9-4-13-24-21)15-25-27(23)14-12-18-11-10-16-5-1-2-8-20(16)26-18;1-5(2,3)7-4-6/h1-11,13,15,24H,12,14H2;4H,1-3H3. The van der Waals surface area contributed by atoms with Gasteiger partial charge in [-0.2, -0.15) is 5.10 Å². The van der Waals surface area contributed by atoms with Crippen LogP contribution in [0, 0.1) is 0 Å². The third kappa shape index (κ3) is 5.81. The molecule has 0 atom stereocenters. The number of nitrogens with zero attached hydrogens (tertiary/aromatic N) is 3. The Bertz CT molecular complexity index is 1500. The molecule has 0 unspecified atom stereocenters. The van der Waals surface area contributed by atoms with Gasteiger partial charge in [0.15, 0.2) is 0 Å². The highest BCUT2D eigenvalue weighted by atomic mass is 16.5. The Balaban J connectivity index is 0.000000364. The highest BCUT2D eigenvalue weighted by molar-refractivity contribution is 5.94. The van der Waals surface area contributed by atoms with Crippen molar-refractivity contribution in [2.75, 3.05) is 0 Å². The third-order valence-electron chi connectivity index (χ3n) is 5.41. The molecule has 5 aromatic rings. The van der Waals surface area contributed by atoms with Crippen LogP contribution >= 0.6 is 0 Å². The molecule has 0 saturated carbocycles. The van der Waals surface area contributed by atoms with Crippen molar-refractivity contribution < 1.29 is 9.53 Å². The van der Waals surface area contributed by atoms with Crippen molar-refractivity contribution in [1.82, 2.24) is 19.7 Å². The number of benzene rings is 2. The van der Waals surface area contributed by atoms with Gasteiger partial charge in [-0.05, 0) is 45.0 Å². The predicted molar refractivity (Wildman–Crippen MR) is 138 cm³/mol. The van der Waals surface area contributed by atoms with E-state index in [1.54, 1.807) is 6.20 Å². The smallest absolute Gasteiger partial charge is 0.293 e. The Hall–Kier alpha value is -4.26. The van der Waals surface area contributed by atoms with Crippen molar-refractivity contribution in [1.29, 1.82) is 0 Å². The zero-order valence-electron chi connectivity index (χ0n) is 20.1. The lowest BCUT2D eigenvalue weighted by molar-refractivity contribution is -0.138. The quantitative estimate of drug-likeness (QED) is 0.361. The number of aromatic nitrogens is 4. The van der Waals surface area contributed by atoms with E-state index in [0.717, 1.165) is 33.2 Å². The maximum absolute atomic E-state index is 13.1. The Morgan fingerprint density at radius 1 is 0.971 bits per heavy atom. The van der Waals surface area contributed by atoms with Crippen molar-refractivity contribution in [2.24, 2.45) is 0 Å². The molecule has 0 bridgehead atoms. The first-order chi connectivity index (χ1) is 16.9. The number of rotatable bonds is 5. The molecule has 0 aliphatic carbocycles. The van der Waals surface area contributed by atoms with Gasteiger partial charge in [-0.25, -0.2) is 4.68 Å². The van der Waals surface area contributed by atoms with Gasteiger partial charge >= 0.3 is 0 Å². The number of para-hydroxylation sites is 1. The molecule has 0 fully saturated rings. The SMILES string of the molecule is CC(C)(C)OC=O.O=c1c2c(-c3ccc[nH]3)cccc2cnn1CCc1ccc2ccccc2n1. The highest BCUT2D eigenvalue weighted by Crippen LogP contribution is 2.24. The van der Waals surface area contributed by atoms with Crippen LogP contribution in [0.2, 0.25) is 0 Å². The van der Waals surface area contributed by atoms with Crippen molar-refractivity contribution in [3.63, 3.8) is 0 Å². The summed E-state index contributed by atoms with van der Waals surface area (Å²) >= 11 is 0. The van der Waals surface area contributed by atoms with E-state index in [1.807, 2.05) is 87.6 Å². The summed E-state index contributed by atoms with van der Waals surface area (Å²) in [6.07, 6.45) is 4.27. The molecule has 0 radical (unpaired) electrons. The van der Waals surface area contributed by atoms with Crippen LogP contribution in [0.5, 0.6) is 0 Å². The van der Waals surface area contributed by atoms with E-state index in [0.29, 0.717) is 24.8 Å². The van der Waals surface area contributed by atoms with E-state index < -0.39 is 0 Å². The Morgan fingerprint density at radius 2 is 1.77 bits per heavy atom. The van der Waals surface area contributed by atoms with Crippen LogP contribution in [-0.2, 0) is 22.5 Å². The maximum Gasteiger partial charge on any atom is 0.293 e. The number of aryl methyl sites for hydroxylation is 2. The molecule has 5 rings (SSSR count). The molecule has 0 aliphatic heterocycles. The van der Waals surface area contributed by atoms with Crippen molar-refractivity contribution >= 4 is 28.1 Å². The first-order valence-corrected chi connectivity index (χ1v) is 11.4. The van der Waals surface area contributed by atoms with Crippen LogP contribution in [0.15, 0.2) is 83.9 Å². The number of H-pyrrole nitrogens is 1. The second-order valence-corrected chi connectivity index (χ2v) is 9.10. The number of fused-ring (bicyclic) bond motifs is 2. The summed E-state index contributed by atoms with van der Waals surface area (Å²) in [6.45, 7) is 6.41. The monoisotopic (exact) mass is 468 g/mol. The van der Waals surface area contributed by atoms with E-state index in [1.165, 1.54) is 4.68 Å². The van der Waals surface area contributed by atoms with Crippen LogP contribution in [0.25, 0.3) is 32.9 Å². The molecule has 0 saturated heterocycles. The molecule has 0 aliphatic rings. The van der Waals surface area contributed by atoms with Crippen molar-refractivity contribution in [2.45, 2.75) is 39.3 Å². The van der Waals surface area contributed by atoms with Crippen LogP contribution in [-0.4, -0.2) is 31.8 Å². The Labute approximate surface area is 203 Å². The van der Waals surface area contributed by atoms with Crippen LogP contribution in [0.4, 0.5) is 0 Å². The van der Waals surface area contributed by atoms with E-state index in [-0.39, 0.29) is 11.2 Å². The molecule has 3 aromatic heterocycles. The predicted octanol–water partition coefficient (Wildman–Crippen LogP) is 5.14. The third-order valence-corrected chi connectivity index (χ3v) is 5.41. The fourth-order valence-corrected chi connectivity index (χ4v) is 3.72. The van der Waals surface area contributed by atoms with Gasteiger partial charge in [-0.15, -0.1) is 0 Å². The summed E-state index contributed by atoms with van der Waals surface area (Å²) in [7, 11) is 0. The fourth-order valence-electron chi connectivity index (χ4n) is 3.72. The van der Waals surface area contributed by atoms with Gasteiger partial charge in [-0.1, -0.05) is 42.5 Å². The number of hydrogen-bond donors (Lipinski definition) is 1. The normalized spacial score (nSPS) is 11.2. The number of ether oxygens (including phenoxy) is 1. The summed E-state index contributed by atoms with van der Waals surface area (Å²) in [5.41, 5.74) is 3.34. The van der Waals surface area contributed by atoms with E-state index in [4.69, 9.17) is 4.98 Å². The first-order valence-electron chi connectivity index (χ1n) is 11.4. The summed E-state index contributed by atoms with van der Waals surface area (Å²) in [5.74, 6) is 0. The van der Waals surface area contributed by atoms with Gasteiger partial charge in [0.1, 0.15) is 5.60 Å². The number of nitrogens with one attached hydrogen (secondary N) is 1. The summed E-state index contributed by atoms with van der Waals surface area (Å²) in [4.78, 5) is 30.6. The molecule has 0 amide bonds. The molecular weight excluding hydrogens is 440 g/mol. The average molecular weight is 469 g/mol. The van der Waals surface area contributed by atoms with Gasteiger partial charge in [0.05, 0.1) is 23.6 Å². The van der Waals surface area contributed by atoms with Crippen molar-refractivity contribution in [3.05, 3.63) is 95.2 Å². The van der Waals surface area contributed by atoms with E-state index in [9.17, 15) is 9.59 Å². The van der Waals surface area contributed by atoms with E-state index >= 15 is 0 Å². The number of hydrogen-bond acceptors (Lipinski definition) is 5. The van der Waals surface area contributed by atoms with Crippen LogP contribution in [0.1, 0.15) is 26.5 Å². The molecule has 0 spiro atoms. The molecule has 7 nitrogen and oxygen atoms in total. The summed E-state index contributed by atoms with van der Waals surface area (Å²) in [6, 6.07) is 21.8. The summed E-state index contributed by atoms with van der Waals surface area (Å²) in [5, 5.41) is 7.02. The molecule has 178 valence electrons.